The zero-order valence-electron chi connectivity index (χ0n) is 11.4. The number of sulfonamides is 1. The van der Waals surface area contributed by atoms with Gasteiger partial charge in [0, 0.05) is 25.7 Å². The second-order valence-corrected chi connectivity index (χ2v) is 7.66. The molecule has 1 aliphatic carbocycles. The lowest BCUT2D eigenvalue weighted by Gasteiger charge is -2.25. The molecule has 102 valence electrons. The first-order valence-electron chi connectivity index (χ1n) is 6.60. The fourth-order valence-electron chi connectivity index (χ4n) is 1.76. The summed E-state index contributed by atoms with van der Waals surface area (Å²) in [7, 11) is -3.13. The van der Waals surface area contributed by atoms with E-state index in [-0.39, 0.29) is 5.25 Å². The molecule has 0 aromatic heterocycles. The Kier molecular flexibility index (Phi) is 5.41. The number of hydrogen-bond acceptors (Lipinski definition) is 3. The normalized spacial score (nSPS) is 18.9. The molecule has 1 N–H and O–H groups in total. The van der Waals surface area contributed by atoms with Crippen LogP contribution in [0, 0.1) is 5.92 Å². The molecule has 0 spiro atoms. The summed E-state index contributed by atoms with van der Waals surface area (Å²) in [4.78, 5) is 0. The van der Waals surface area contributed by atoms with Gasteiger partial charge in [0.1, 0.15) is 0 Å². The van der Waals surface area contributed by atoms with Gasteiger partial charge in [-0.15, -0.1) is 0 Å². The Bertz CT molecular complexity index is 323. The van der Waals surface area contributed by atoms with Crippen LogP contribution in [0.1, 0.15) is 40.5 Å². The highest BCUT2D eigenvalue weighted by molar-refractivity contribution is 7.89. The molecule has 1 fully saturated rings. The van der Waals surface area contributed by atoms with Crippen molar-refractivity contribution in [3.63, 3.8) is 0 Å². The molecule has 5 heteroatoms. The second-order valence-electron chi connectivity index (χ2n) is 5.31. The number of hydrogen-bond donors (Lipinski definition) is 1. The summed E-state index contributed by atoms with van der Waals surface area (Å²) in [5.74, 6) is 0.606. The highest BCUT2D eigenvalue weighted by Gasteiger charge is 2.32. The Morgan fingerprint density at radius 2 is 1.88 bits per heavy atom. The molecule has 1 rings (SSSR count). The van der Waals surface area contributed by atoms with Crippen LogP contribution < -0.4 is 5.32 Å². The van der Waals surface area contributed by atoms with Gasteiger partial charge in [-0.2, -0.15) is 0 Å². The maximum atomic E-state index is 12.3. The van der Waals surface area contributed by atoms with E-state index >= 15 is 0 Å². The molecular weight excluding hydrogens is 236 g/mol. The van der Waals surface area contributed by atoms with Crippen LogP contribution in [0.15, 0.2) is 0 Å². The summed E-state index contributed by atoms with van der Waals surface area (Å²) in [5, 5.41) is 2.85. The first-order valence-corrected chi connectivity index (χ1v) is 8.10. The van der Waals surface area contributed by atoms with Gasteiger partial charge in [0.05, 0.1) is 5.25 Å². The molecular formula is C12H26N2O2S. The Morgan fingerprint density at radius 1 is 1.29 bits per heavy atom. The van der Waals surface area contributed by atoms with Crippen LogP contribution in [0.5, 0.6) is 0 Å². The van der Waals surface area contributed by atoms with Crippen LogP contribution in [0.4, 0.5) is 0 Å². The first kappa shape index (κ1) is 14.9. The first-order chi connectivity index (χ1) is 7.87. The predicted molar refractivity (Wildman–Crippen MR) is 71.5 cm³/mol. The third-order valence-electron chi connectivity index (χ3n) is 3.19. The van der Waals surface area contributed by atoms with Gasteiger partial charge < -0.3 is 5.32 Å². The van der Waals surface area contributed by atoms with Gasteiger partial charge in [-0.25, -0.2) is 12.7 Å². The second kappa shape index (κ2) is 6.16. The average Bonchev–Trinajstić information content (AvgIpc) is 3.05. The highest BCUT2D eigenvalue weighted by atomic mass is 32.2. The van der Waals surface area contributed by atoms with Crippen LogP contribution in [0.3, 0.4) is 0 Å². The molecule has 1 aliphatic rings. The Labute approximate surface area is 106 Å². The SMILES string of the molecule is CCN(CC1CC1)S(=O)(=O)C(C)CNC(C)C. The smallest absolute Gasteiger partial charge is 0.217 e. The molecule has 4 nitrogen and oxygen atoms in total. The van der Waals surface area contributed by atoms with Crippen molar-refractivity contribution in [2.45, 2.75) is 51.8 Å². The van der Waals surface area contributed by atoms with Gasteiger partial charge in [0.15, 0.2) is 0 Å². The van der Waals surface area contributed by atoms with Crippen molar-refractivity contribution >= 4 is 10.0 Å². The van der Waals surface area contributed by atoms with Crippen molar-refractivity contribution in [1.82, 2.24) is 9.62 Å². The van der Waals surface area contributed by atoms with Gasteiger partial charge in [0.25, 0.3) is 0 Å². The molecule has 0 aromatic carbocycles. The number of rotatable bonds is 8. The molecule has 0 radical (unpaired) electrons. The molecule has 17 heavy (non-hydrogen) atoms. The molecule has 0 heterocycles. The van der Waals surface area contributed by atoms with Crippen LogP contribution >= 0.6 is 0 Å². The third-order valence-corrected chi connectivity index (χ3v) is 5.50. The molecule has 1 atom stereocenters. The maximum absolute atomic E-state index is 12.3. The van der Waals surface area contributed by atoms with Crippen molar-refractivity contribution < 1.29 is 8.42 Å². The van der Waals surface area contributed by atoms with Crippen molar-refractivity contribution in [3.05, 3.63) is 0 Å². The van der Waals surface area contributed by atoms with Crippen LogP contribution in [0.2, 0.25) is 0 Å². The Balaban J connectivity index is 2.55. The lowest BCUT2D eigenvalue weighted by atomic mass is 10.3. The minimum absolute atomic E-state index is 0.325. The molecule has 0 aliphatic heterocycles. The molecule has 0 amide bonds. The lowest BCUT2D eigenvalue weighted by Crippen LogP contribution is -2.44. The van der Waals surface area contributed by atoms with Gasteiger partial charge >= 0.3 is 0 Å². The summed E-state index contributed by atoms with van der Waals surface area (Å²) in [6.45, 7) is 9.60. The van der Waals surface area contributed by atoms with E-state index in [4.69, 9.17) is 0 Å². The largest absolute Gasteiger partial charge is 0.313 e. The van der Waals surface area contributed by atoms with E-state index in [9.17, 15) is 8.42 Å². The zero-order valence-corrected chi connectivity index (χ0v) is 12.3. The monoisotopic (exact) mass is 262 g/mol. The Hall–Kier alpha value is -0.130. The van der Waals surface area contributed by atoms with Crippen LogP contribution in [-0.2, 0) is 10.0 Å². The molecule has 0 bridgehead atoms. The molecule has 0 saturated heterocycles. The third kappa shape index (κ3) is 4.56. The van der Waals surface area contributed by atoms with Crippen molar-refractivity contribution in [3.8, 4) is 0 Å². The topological polar surface area (TPSA) is 49.4 Å². The van der Waals surface area contributed by atoms with Crippen molar-refractivity contribution in [2.24, 2.45) is 5.92 Å². The van der Waals surface area contributed by atoms with E-state index in [0.717, 1.165) is 0 Å². The fourth-order valence-corrected chi connectivity index (χ4v) is 3.36. The molecule has 0 aromatic rings. The van der Waals surface area contributed by atoms with E-state index < -0.39 is 10.0 Å². The maximum Gasteiger partial charge on any atom is 0.217 e. The van der Waals surface area contributed by atoms with Crippen LogP contribution in [0.25, 0.3) is 0 Å². The lowest BCUT2D eigenvalue weighted by molar-refractivity contribution is 0.402. The average molecular weight is 262 g/mol. The summed E-state index contributed by atoms with van der Waals surface area (Å²) in [6, 6.07) is 0.325. The summed E-state index contributed by atoms with van der Waals surface area (Å²) < 4.78 is 26.3. The quantitative estimate of drug-likeness (QED) is 0.720. The highest BCUT2D eigenvalue weighted by Crippen LogP contribution is 2.30. The Morgan fingerprint density at radius 3 is 2.29 bits per heavy atom. The molecule has 1 unspecified atom stereocenters. The summed E-state index contributed by atoms with van der Waals surface area (Å²) in [6.07, 6.45) is 2.37. The van der Waals surface area contributed by atoms with Gasteiger partial charge in [-0.1, -0.05) is 20.8 Å². The van der Waals surface area contributed by atoms with Gasteiger partial charge in [0.2, 0.25) is 10.0 Å². The minimum Gasteiger partial charge on any atom is -0.313 e. The van der Waals surface area contributed by atoms with Crippen molar-refractivity contribution in [2.75, 3.05) is 19.6 Å². The van der Waals surface area contributed by atoms with Gasteiger partial charge in [-0.05, 0) is 25.7 Å². The van der Waals surface area contributed by atoms with E-state index in [2.05, 4.69) is 5.32 Å². The van der Waals surface area contributed by atoms with Gasteiger partial charge in [-0.3, -0.25) is 0 Å². The number of nitrogens with zero attached hydrogens (tertiary/aromatic N) is 1. The molecule has 1 saturated carbocycles. The summed E-state index contributed by atoms with van der Waals surface area (Å²) >= 11 is 0. The van der Waals surface area contributed by atoms with Crippen LogP contribution in [-0.4, -0.2) is 43.6 Å². The fraction of sp³-hybridized carbons (Fsp3) is 1.00. The predicted octanol–water partition coefficient (Wildman–Crippen LogP) is 1.43. The van der Waals surface area contributed by atoms with Crippen molar-refractivity contribution in [1.29, 1.82) is 0 Å². The minimum atomic E-state index is -3.13. The summed E-state index contributed by atoms with van der Waals surface area (Å²) in [5.41, 5.74) is 0. The van der Waals surface area contributed by atoms with E-state index in [1.807, 2.05) is 20.8 Å². The number of nitrogens with one attached hydrogen (secondary N) is 1. The van der Waals surface area contributed by atoms with E-state index in [0.29, 0.717) is 31.6 Å². The van der Waals surface area contributed by atoms with E-state index in [1.54, 1.807) is 11.2 Å². The van der Waals surface area contributed by atoms with E-state index in [1.165, 1.54) is 12.8 Å². The zero-order chi connectivity index (χ0) is 13.1. The standard InChI is InChI=1S/C12H26N2O2S/c1-5-14(9-12-6-7-12)17(15,16)11(4)8-13-10(2)3/h10-13H,5-9H2,1-4H3.